The van der Waals surface area contributed by atoms with Gasteiger partial charge in [-0.05, 0) is 19.9 Å². The molecule has 1 aromatic rings. The Morgan fingerprint density at radius 1 is 1.32 bits per heavy atom. The predicted octanol–water partition coefficient (Wildman–Crippen LogP) is 1.80. The van der Waals surface area contributed by atoms with Crippen LogP contribution in [-0.4, -0.2) is 43.9 Å². The van der Waals surface area contributed by atoms with Crippen LogP contribution in [0.15, 0.2) is 24.3 Å². The second-order valence-corrected chi connectivity index (χ2v) is 5.20. The van der Waals surface area contributed by atoms with Crippen LogP contribution >= 0.6 is 0 Å². The van der Waals surface area contributed by atoms with E-state index in [9.17, 15) is 0 Å². The van der Waals surface area contributed by atoms with E-state index in [1.807, 2.05) is 18.2 Å². The minimum Gasteiger partial charge on any atom is -0.496 e. The van der Waals surface area contributed by atoms with Crippen molar-refractivity contribution in [1.29, 1.82) is 0 Å². The van der Waals surface area contributed by atoms with Gasteiger partial charge in [-0.15, -0.1) is 0 Å². The molecular weight excluding hydrogens is 240 g/mol. The highest BCUT2D eigenvalue weighted by atomic mass is 16.5. The number of nitrogens with two attached hydrogens (primary N) is 1. The lowest BCUT2D eigenvalue weighted by Crippen LogP contribution is -2.48. The maximum absolute atomic E-state index is 6.01. The average Bonchev–Trinajstić information content (AvgIpc) is 2.39. The van der Waals surface area contributed by atoms with Gasteiger partial charge in [-0.25, -0.2) is 0 Å². The first-order valence-electron chi connectivity index (χ1n) is 6.88. The van der Waals surface area contributed by atoms with Crippen molar-refractivity contribution in [1.82, 2.24) is 4.90 Å². The van der Waals surface area contributed by atoms with Gasteiger partial charge in [0, 0.05) is 25.2 Å². The van der Waals surface area contributed by atoms with Crippen molar-refractivity contribution in [2.24, 2.45) is 5.73 Å². The molecule has 4 nitrogen and oxygen atoms in total. The molecule has 4 heteroatoms. The van der Waals surface area contributed by atoms with Gasteiger partial charge in [-0.1, -0.05) is 18.2 Å². The van der Waals surface area contributed by atoms with Crippen molar-refractivity contribution in [3.05, 3.63) is 29.8 Å². The standard InChI is InChI=1S/C15H24N2O2/c1-11-9-17(10-12(2)19-11)14(8-16)13-6-4-5-7-15(13)18-3/h4-7,11-12,14H,8-10,16H2,1-3H3/t11-,12+,14?. The van der Waals surface area contributed by atoms with Crippen molar-refractivity contribution in [2.75, 3.05) is 26.7 Å². The fourth-order valence-electron chi connectivity index (χ4n) is 2.89. The second kappa shape index (κ2) is 6.37. The number of hydrogen-bond acceptors (Lipinski definition) is 4. The van der Waals surface area contributed by atoms with Gasteiger partial charge in [-0.2, -0.15) is 0 Å². The van der Waals surface area contributed by atoms with Crippen LogP contribution in [0.4, 0.5) is 0 Å². The van der Waals surface area contributed by atoms with Crippen LogP contribution in [0.25, 0.3) is 0 Å². The van der Waals surface area contributed by atoms with Crippen molar-refractivity contribution in [3.8, 4) is 5.75 Å². The monoisotopic (exact) mass is 264 g/mol. The number of rotatable bonds is 4. The van der Waals surface area contributed by atoms with Crippen LogP contribution in [-0.2, 0) is 4.74 Å². The summed E-state index contributed by atoms with van der Waals surface area (Å²) in [6.07, 6.45) is 0.486. The van der Waals surface area contributed by atoms with E-state index in [4.69, 9.17) is 15.2 Å². The number of para-hydroxylation sites is 1. The fraction of sp³-hybridized carbons (Fsp3) is 0.600. The largest absolute Gasteiger partial charge is 0.496 e. The SMILES string of the molecule is COc1ccccc1C(CN)N1C[C@@H](C)O[C@@H](C)C1. The summed E-state index contributed by atoms with van der Waals surface area (Å²) in [5, 5.41) is 0. The predicted molar refractivity (Wildman–Crippen MR) is 76.4 cm³/mol. The van der Waals surface area contributed by atoms with Crippen LogP contribution in [0, 0.1) is 0 Å². The zero-order valence-corrected chi connectivity index (χ0v) is 12.0. The summed E-state index contributed by atoms with van der Waals surface area (Å²) < 4.78 is 11.2. The average molecular weight is 264 g/mol. The van der Waals surface area contributed by atoms with Gasteiger partial charge >= 0.3 is 0 Å². The Bertz CT molecular complexity index is 401. The number of benzene rings is 1. The molecule has 0 amide bonds. The second-order valence-electron chi connectivity index (χ2n) is 5.20. The molecule has 1 aliphatic heterocycles. The molecule has 2 N–H and O–H groups in total. The molecular formula is C15H24N2O2. The third-order valence-electron chi connectivity index (χ3n) is 3.61. The van der Waals surface area contributed by atoms with Crippen LogP contribution < -0.4 is 10.5 Å². The topological polar surface area (TPSA) is 47.7 Å². The van der Waals surface area contributed by atoms with Gasteiger partial charge < -0.3 is 15.2 Å². The van der Waals surface area contributed by atoms with E-state index in [2.05, 4.69) is 24.8 Å². The molecule has 19 heavy (non-hydrogen) atoms. The van der Waals surface area contributed by atoms with E-state index in [-0.39, 0.29) is 18.2 Å². The van der Waals surface area contributed by atoms with Gasteiger partial charge in [0.25, 0.3) is 0 Å². The summed E-state index contributed by atoms with van der Waals surface area (Å²) in [7, 11) is 1.71. The summed E-state index contributed by atoms with van der Waals surface area (Å²) in [5.74, 6) is 0.907. The highest BCUT2D eigenvalue weighted by molar-refractivity contribution is 5.36. The Morgan fingerprint density at radius 2 is 1.95 bits per heavy atom. The van der Waals surface area contributed by atoms with Crippen molar-refractivity contribution in [3.63, 3.8) is 0 Å². The Hall–Kier alpha value is -1.10. The fourth-order valence-corrected chi connectivity index (χ4v) is 2.89. The molecule has 0 spiro atoms. The first-order chi connectivity index (χ1) is 9.15. The highest BCUT2D eigenvalue weighted by Gasteiger charge is 2.29. The van der Waals surface area contributed by atoms with Gasteiger partial charge in [0.05, 0.1) is 25.4 Å². The third-order valence-corrected chi connectivity index (χ3v) is 3.61. The number of methoxy groups -OCH3 is 1. The van der Waals surface area contributed by atoms with E-state index < -0.39 is 0 Å². The van der Waals surface area contributed by atoms with Crippen LogP contribution in [0.5, 0.6) is 5.75 Å². The normalized spacial score (nSPS) is 26.1. The molecule has 0 radical (unpaired) electrons. The summed E-state index contributed by atoms with van der Waals surface area (Å²) in [6.45, 7) is 6.62. The molecule has 1 unspecified atom stereocenters. The zero-order valence-electron chi connectivity index (χ0n) is 12.0. The van der Waals surface area contributed by atoms with Crippen LogP contribution in [0.3, 0.4) is 0 Å². The number of ether oxygens (including phenoxy) is 2. The Kier molecular flexibility index (Phi) is 4.80. The third kappa shape index (κ3) is 3.26. The van der Waals surface area contributed by atoms with Crippen LogP contribution in [0.2, 0.25) is 0 Å². The van der Waals surface area contributed by atoms with Crippen molar-refractivity contribution in [2.45, 2.75) is 32.1 Å². The molecule has 1 fully saturated rings. The lowest BCUT2D eigenvalue weighted by atomic mass is 10.0. The number of hydrogen-bond donors (Lipinski definition) is 1. The van der Waals surface area contributed by atoms with Crippen LogP contribution in [0.1, 0.15) is 25.5 Å². The maximum atomic E-state index is 6.01. The summed E-state index contributed by atoms with van der Waals surface area (Å²) in [5.41, 5.74) is 7.17. The van der Waals surface area contributed by atoms with E-state index in [1.165, 1.54) is 0 Å². The maximum Gasteiger partial charge on any atom is 0.123 e. The molecule has 3 atom stereocenters. The molecule has 1 saturated heterocycles. The molecule has 2 rings (SSSR count). The van der Waals surface area contributed by atoms with E-state index in [1.54, 1.807) is 7.11 Å². The molecule has 0 saturated carbocycles. The van der Waals surface area contributed by atoms with E-state index in [0.717, 1.165) is 24.4 Å². The zero-order chi connectivity index (χ0) is 13.8. The van der Waals surface area contributed by atoms with Crippen molar-refractivity contribution >= 4 is 0 Å². The lowest BCUT2D eigenvalue weighted by molar-refractivity contribution is -0.0801. The smallest absolute Gasteiger partial charge is 0.123 e. The van der Waals surface area contributed by atoms with E-state index in [0.29, 0.717) is 6.54 Å². The summed E-state index contributed by atoms with van der Waals surface area (Å²) >= 11 is 0. The van der Waals surface area contributed by atoms with Gasteiger partial charge in [-0.3, -0.25) is 4.90 Å². The lowest BCUT2D eigenvalue weighted by Gasteiger charge is -2.40. The first kappa shape index (κ1) is 14.3. The van der Waals surface area contributed by atoms with E-state index >= 15 is 0 Å². The molecule has 1 heterocycles. The summed E-state index contributed by atoms with van der Waals surface area (Å²) in [6, 6.07) is 8.30. The van der Waals surface area contributed by atoms with Crippen molar-refractivity contribution < 1.29 is 9.47 Å². The molecule has 0 aromatic heterocycles. The number of nitrogens with zero attached hydrogens (tertiary/aromatic N) is 1. The molecule has 1 aliphatic rings. The molecule has 0 bridgehead atoms. The molecule has 106 valence electrons. The Morgan fingerprint density at radius 3 is 2.53 bits per heavy atom. The Labute approximate surface area is 115 Å². The molecule has 1 aromatic carbocycles. The van der Waals surface area contributed by atoms with Gasteiger partial charge in [0.1, 0.15) is 5.75 Å². The van der Waals surface area contributed by atoms with Gasteiger partial charge in [0.2, 0.25) is 0 Å². The summed E-state index contributed by atoms with van der Waals surface area (Å²) in [4.78, 5) is 2.40. The first-order valence-corrected chi connectivity index (χ1v) is 6.88. The number of morpholine rings is 1. The minimum atomic E-state index is 0.185. The quantitative estimate of drug-likeness (QED) is 0.901. The minimum absolute atomic E-state index is 0.185. The molecule has 0 aliphatic carbocycles. The Balaban J connectivity index is 2.23. The highest BCUT2D eigenvalue weighted by Crippen LogP contribution is 2.30. The van der Waals surface area contributed by atoms with Gasteiger partial charge in [0.15, 0.2) is 0 Å².